The molecule has 0 bridgehead atoms. The maximum Gasteiger partial charge on any atom is 0.255 e. The van der Waals surface area contributed by atoms with E-state index >= 15 is 0 Å². The Morgan fingerprint density at radius 3 is 2.47 bits per heavy atom. The van der Waals surface area contributed by atoms with Gasteiger partial charge in [-0.3, -0.25) is 9.59 Å². The van der Waals surface area contributed by atoms with Crippen LogP contribution >= 0.6 is 15.9 Å². The van der Waals surface area contributed by atoms with Gasteiger partial charge in [0.1, 0.15) is 0 Å². The molecule has 198 valence electrons. The van der Waals surface area contributed by atoms with Crippen LogP contribution in [0.1, 0.15) is 52.0 Å². The highest BCUT2D eigenvalue weighted by Crippen LogP contribution is 2.30. The van der Waals surface area contributed by atoms with Gasteiger partial charge in [0.15, 0.2) is 0 Å². The van der Waals surface area contributed by atoms with Crippen molar-refractivity contribution in [3.05, 3.63) is 94.0 Å². The first kappa shape index (κ1) is 26.4. The number of nitrogens with zero attached hydrogens (tertiary/aromatic N) is 1. The summed E-state index contributed by atoms with van der Waals surface area (Å²) >= 11 is 3.42. The fourth-order valence-electron chi connectivity index (χ4n) is 5.34. The van der Waals surface area contributed by atoms with Crippen LogP contribution < -0.4 is 15.5 Å². The first-order valence-electron chi connectivity index (χ1n) is 13.4. The number of amides is 2. The molecule has 6 nitrogen and oxygen atoms in total. The maximum absolute atomic E-state index is 13.4. The maximum atomic E-state index is 13.4. The number of anilines is 2. The minimum atomic E-state index is -0.216. The number of benzene rings is 3. The quantitative estimate of drug-likeness (QED) is 0.342. The normalized spacial score (nSPS) is 17.8. The smallest absolute Gasteiger partial charge is 0.255 e. The summed E-state index contributed by atoms with van der Waals surface area (Å²) in [5, 5.41) is 6.03. The van der Waals surface area contributed by atoms with Gasteiger partial charge in [-0.2, -0.15) is 0 Å². The van der Waals surface area contributed by atoms with Crippen molar-refractivity contribution >= 4 is 39.1 Å². The zero-order chi connectivity index (χ0) is 26.3. The van der Waals surface area contributed by atoms with E-state index in [2.05, 4.69) is 61.8 Å². The first-order chi connectivity index (χ1) is 18.5. The van der Waals surface area contributed by atoms with Crippen molar-refractivity contribution in [1.82, 2.24) is 5.32 Å². The van der Waals surface area contributed by atoms with E-state index in [4.69, 9.17) is 4.74 Å². The molecule has 2 heterocycles. The molecule has 2 saturated heterocycles. The second kappa shape index (κ2) is 12.6. The summed E-state index contributed by atoms with van der Waals surface area (Å²) in [5.74, 6) is 0.279. The van der Waals surface area contributed by atoms with Crippen LogP contribution in [0.25, 0.3) is 0 Å². The third-order valence-corrected chi connectivity index (χ3v) is 7.92. The average Bonchev–Trinajstić information content (AvgIpc) is 3.47. The van der Waals surface area contributed by atoms with Gasteiger partial charge in [-0.25, -0.2) is 0 Å². The van der Waals surface area contributed by atoms with Gasteiger partial charge in [-0.1, -0.05) is 52.3 Å². The highest BCUT2D eigenvalue weighted by atomic mass is 79.9. The summed E-state index contributed by atoms with van der Waals surface area (Å²) < 4.78 is 6.53. The van der Waals surface area contributed by atoms with E-state index in [0.29, 0.717) is 29.3 Å². The van der Waals surface area contributed by atoms with E-state index in [0.717, 1.165) is 62.0 Å². The Balaban J connectivity index is 1.31. The fraction of sp³-hybridized carbons (Fsp3) is 0.355. The van der Waals surface area contributed by atoms with Crippen LogP contribution in [0.4, 0.5) is 11.4 Å². The van der Waals surface area contributed by atoms with E-state index in [1.165, 1.54) is 5.56 Å². The van der Waals surface area contributed by atoms with Crippen LogP contribution in [-0.4, -0.2) is 44.2 Å². The van der Waals surface area contributed by atoms with Crippen molar-refractivity contribution in [2.75, 3.05) is 36.5 Å². The molecular formula is C31H34BrN3O3. The lowest BCUT2D eigenvalue weighted by atomic mass is 9.89. The van der Waals surface area contributed by atoms with Crippen molar-refractivity contribution in [3.8, 4) is 0 Å². The Hall–Kier alpha value is -3.16. The fourth-order valence-corrected chi connectivity index (χ4v) is 5.74. The van der Waals surface area contributed by atoms with E-state index in [1.807, 2.05) is 24.3 Å². The third-order valence-electron chi connectivity index (χ3n) is 7.42. The van der Waals surface area contributed by atoms with Crippen LogP contribution in [0.15, 0.2) is 77.3 Å². The Labute approximate surface area is 232 Å². The van der Waals surface area contributed by atoms with Crippen molar-refractivity contribution in [3.63, 3.8) is 0 Å². The Morgan fingerprint density at radius 1 is 0.921 bits per heavy atom. The number of ether oxygens (including phenoxy) is 1. The molecule has 1 atom stereocenters. The predicted molar refractivity (Wildman–Crippen MR) is 155 cm³/mol. The number of halogens is 1. The van der Waals surface area contributed by atoms with Gasteiger partial charge in [-0.15, -0.1) is 0 Å². The van der Waals surface area contributed by atoms with Crippen molar-refractivity contribution in [2.45, 2.75) is 38.2 Å². The van der Waals surface area contributed by atoms with Gasteiger partial charge in [0.2, 0.25) is 0 Å². The predicted octanol–water partition coefficient (Wildman–Crippen LogP) is 6.07. The van der Waals surface area contributed by atoms with Crippen LogP contribution in [0.5, 0.6) is 0 Å². The lowest BCUT2D eigenvalue weighted by molar-refractivity contribution is 0.0858. The zero-order valence-corrected chi connectivity index (χ0v) is 23.1. The van der Waals surface area contributed by atoms with Crippen LogP contribution in [0.2, 0.25) is 0 Å². The van der Waals surface area contributed by atoms with E-state index in [1.54, 1.807) is 18.2 Å². The molecule has 3 aromatic rings. The minimum Gasteiger partial charge on any atom is -0.376 e. The molecule has 0 saturated carbocycles. The second-order valence-corrected chi connectivity index (χ2v) is 11.1. The van der Waals surface area contributed by atoms with Gasteiger partial charge in [0, 0.05) is 47.7 Å². The van der Waals surface area contributed by atoms with Crippen LogP contribution in [0.3, 0.4) is 0 Å². The minimum absolute atomic E-state index is 0.0653. The summed E-state index contributed by atoms with van der Waals surface area (Å²) in [6, 6.07) is 23.6. The lowest BCUT2D eigenvalue weighted by Crippen LogP contribution is -2.37. The Kier molecular flexibility index (Phi) is 8.76. The molecule has 1 unspecified atom stereocenters. The molecule has 0 radical (unpaired) electrons. The molecule has 2 aliphatic rings. The second-order valence-electron chi connectivity index (χ2n) is 10.2. The number of carbonyl (C=O) groups excluding carboxylic acids is 2. The largest absolute Gasteiger partial charge is 0.376 e. The molecule has 38 heavy (non-hydrogen) atoms. The molecule has 0 spiro atoms. The number of nitrogens with one attached hydrogen (secondary N) is 2. The summed E-state index contributed by atoms with van der Waals surface area (Å²) in [6.45, 7) is 3.04. The van der Waals surface area contributed by atoms with Gasteiger partial charge < -0.3 is 20.3 Å². The SMILES string of the molecule is O=C(Nc1ccc(N2CCC(Cc3ccccc3)CC2)c(C(=O)NCC2CCCO2)c1)c1cccc(Br)c1. The molecule has 7 heteroatoms. The number of carbonyl (C=O) groups is 2. The molecule has 2 amide bonds. The molecule has 0 aliphatic carbocycles. The Morgan fingerprint density at radius 2 is 1.74 bits per heavy atom. The van der Waals surface area contributed by atoms with Crippen molar-refractivity contribution < 1.29 is 14.3 Å². The van der Waals surface area contributed by atoms with E-state index < -0.39 is 0 Å². The molecule has 3 aromatic carbocycles. The first-order valence-corrected chi connectivity index (χ1v) is 14.2. The summed E-state index contributed by atoms with van der Waals surface area (Å²) in [4.78, 5) is 28.6. The lowest BCUT2D eigenvalue weighted by Gasteiger charge is -2.35. The number of rotatable bonds is 8. The standard InChI is InChI=1S/C31H34BrN3O3/c32-25-9-4-8-24(19-25)30(36)34-26-11-12-29(28(20-26)31(37)33-21-27-10-5-17-38-27)35-15-13-23(14-16-35)18-22-6-2-1-3-7-22/h1-4,6-9,11-12,19-20,23,27H,5,10,13-18,21H2,(H,33,37)(H,34,36). The van der Waals surface area contributed by atoms with Gasteiger partial charge in [-0.05, 0) is 80.0 Å². The highest BCUT2D eigenvalue weighted by molar-refractivity contribution is 9.10. The van der Waals surface area contributed by atoms with Gasteiger partial charge >= 0.3 is 0 Å². The molecule has 0 aromatic heterocycles. The van der Waals surface area contributed by atoms with E-state index in [9.17, 15) is 9.59 Å². The number of hydrogen-bond acceptors (Lipinski definition) is 4. The van der Waals surface area contributed by atoms with Crippen molar-refractivity contribution in [1.29, 1.82) is 0 Å². The van der Waals surface area contributed by atoms with Gasteiger partial charge in [0.05, 0.1) is 11.7 Å². The van der Waals surface area contributed by atoms with E-state index in [-0.39, 0.29) is 17.9 Å². The Bertz CT molecular complexity index is 1250. The molecule has 2 fully saturated rings. The summed E-state index contributed by atoms with van der Waals surface area (Å²) in [5.41, 5.74) is 4.02. The molecule has 2 N–H and O–H groups in total. The highest BCUT2D eigenvalue weighted by Gasteiger charge is 2.25. The topological polar surface area (TPSA) is 70.7 Å². The molecular weight excluding hydrogens is 542 g/mol. The third kappa shape index (κ3) is 6.83. The summed E-state index contributed by atoms with van der Waals surface area (Å²) in [7, 11) is 0. The van der Waals surface area contributed by atoms with Crippen LogP contribution in [0, 0.1) is 5.92 Å². The van der Waals surface area contributed by atoms with Crippen LogP contribution in [-0.2, 0) is 11.2 Å². The van der Waals surface area contributed by atoms with Crippen molar-refractivity contribution in [2.24, 2.45) is 5.92 Å². The molecule has 5 rings (SSSR count). The average molecular weight is 577 g/mol. The number of piperidine rings is 1. The van der Waals surface area contributed by atoms with Gasteiger partial charge in [0.25, 0.3) is 11.8 Å². The number of hydrogen-bond donors (Lipinski definition) is 2. The molecule has 2 aliphatic heterocycles. The monoisotopic (exact) mass is 575 g/mol. The zero-order valence-electron chi connectivity index (χ0n) is 21.5. The summed E-state index contributed by atoms with van der Waals surface area (Å²) in [6.07, 6.45) is 5.30.